The van der Waals surface area contributed by atoms with E-state index < -0.39 is 5.97 Å². The van der Waals surface area contributed by atoms with Crippen LogP contribution in [0.25, 0.3) is 0 Å². The number of carbonyl (C=O) groups is 1. The summed E-state index contributed by atoms with van der Waals surface area (Å²) in [6.45, 7) is 3.17. The van der Waals surface area contributed by atoms with Gasteiger partial charge in [0.25, 0.3) is 0 Å². The fourth-order valence-corrected chi connectivity index (χ4v) is 1.21. The van der Waals surface area contributed by atoms with Crippen molar-refractivity contribution in [1.82, 2.24) is 0 Å². The minimum absolute atomic E-state index is 0.0323. The van der Waals surface area contributed by atoms with Crippen molar-refractivity contribution in [3.8, 4) is 0 Å². The van der Waals surface area contributed by atoms with Gasteiger partial charge in [-0.3, -0.25) is 4.99 Å². The first-order valence-electron chi connectivity index (χ1n) is 4.92. The van der Waals surface area contributed by atoms with E-state index in [4.69, 9.17) is 0 Å². The minimum atomic E-state index is -1.07. The summed E-state index contributed by atoms with van der Waals surface area (Å²) in [6.07, 6.45) is 3.61. The molecule has 0 spiro atoms. The Morgan fingerprint density at radius 1 is 1.60 bits per heavy atom. The van der Waals surface area contributed by atoms with Crippen molar-refractivity contribution in [3.63, 3.8) is 0 Å². The van der Waals surface area contributed by atoms with E-state index in [9.17, 15) is 9.90 Å². The van der Waals surface area contributed by atoms with Gasteiger partial charge in [-0.05, 0) is 13.0 Å². The molecule has 0 bridgehead atoms. The zero-order valence-electron chi connectivity index (χ0n) is 8.72. The summed E-state index contributed by atoms with van der Waals surface area (Å²) in [5.74, 6) is -1.07. The number of nitrogens with zero attached hydrogens (tertiary/aromatic N) is 2. The number of hydrogen-bond donors (Lipinski definition) is 0. The van der Waals surface area contributed by atoms with Crippen LogP contribution in [0.3, 0.4) is 0 Å². The van der Waals surface area contributed by atoms with Gasteiger partial charge in [0.1, 0.15) is 6.54 Å². The Morgan fingerprint density at radius 3 is 3.07 bits per heavy atom. The lowest BCUT2D eigenvalue weighted by molar-refractivity contribution is -0.694. The molecule has 15 heavy (non-hydrogen) atoms. The maximum atomic E-state index is 10.1. The summed E-state index contributed by atoms with van der Waals surface area (Å²) >= 11 is 0. The zero-order valence-corrected chi connectivity index (χ0v) is 8.72. The van der Waals surface area contributed by atoms with Crippen molar-refractivity contribution in [3.05, 3.63) is 30.1 Å². The highest BCUT2D eigenvalue weighted by atomic mass is 16.4. The summed E-state index contributed by atoms with van der Waals surface area (Å²) in [5, 5.41) is 10.1. The second-order valence-electron chi connectivity index (χ2n) is 3.07. The second-order valence-corrected chi connectivity index (χ2v) is 3.07. The maximum absolute atomic E-state index is 10.1. The average molecular weight is 206 g/mol. The molecule has 0 aliphatic rings. The molecule has 80 valence electrons. The van der Waals surface area contributed by atoms with Crippen molar-refractivity contribution in [2.45, 2.75) is 19.9 Å². The molecule has 4 nitrogen and oxygen atoms in total. The van der Waals surface area contributed by atoms with Crippen molar-refractivity contribution >= 4 is 12.2 Å². The molecule has 0 radical (unpaired) electrons. The van der Waals surface area contributed by atoms with Crippen LogP contribution in [-0.4, -0.2) is 18.7 Å². The number of rotatable bonds is 5. The van der Waals surface area contributed by atoms with Gasteiger partial charge in [0, 0.05) is 31.1 Å². The summed E-state index contributed by atoms with van der Waals surface area (Å²) in [4.78, 5) is 14.2. The van der Waals surface area contributed by atoms with Crippen LogP contribution in [0.2, 0.25) is 0 Å². The van der Waals surface area contributed by atoms with Crippen LogP contribution in [0.5, 0.6) is 0 Å². The summed E-state index contributed by atoms with van der Waals surface area (Å²) in [5.41, 5.74) is 0.971. The highest BCUT2D eigenvalue weighted by molar-refractivity contribution is 5.75. The van der Waals surface area contributed by atoms with E-state index in [1.165, 1.54) is 0 Å². The molecule has 0 atom stereocenters. The number of aryl methyl sites for hydroxylation is 1. The third-order valence-corrected chi connectivity index (χ3v) is 1.99. The van der Waals surface area contributed by atoms with Gasteiger partial charge in [0.05, 0.1) is 6.21 Å². The number of carbonyl (C=O) groups excluding carboxylic acids is 1. The molecule has 0 amide bonds. The van der Waals surface area contributed by atoms with Crippen LogP contribution >= 0.6 is 0 Å². The Labute approximate surface area is 88.9 Å². The number of carboxylic acid groups (broad SMARTS) is 1. The van der Waals surface area contributed by atoms with E-state index in [0.717, 1.165) is 12.2 Å². The number of pyridine rings is 1. The first-order chi connectivity index (χ1) is 7.24. The van der Waals surface area contributed by atoms with Crippen LogP contribution in [0.15, 0.2) is 29.4 Å². The lowest BCUT2D eigenvalue weighted by Gasteiger charge is -1.97. The van der Waals surface area contributed by atoms with Crippen molar-refractivity contribution in [1.29, 1.82) is 0 Å². The van der Waals surface area contributed by atoms with Gasteiger partial charge in [-0.25, -0.2) is 0 Å². The van der Waals surface area contributed by atoms with E-state index in [0.29, 0.717) is 0 Å². The molecular formula is C11H14N2O2. The van der Waals surface area contributed by atoms with Crippen LogP contribution in [0, 0.1) is 0 Å². The normalized spacial score (nSPS) is 10.7. The molecular weight excluding hydrogens is 192 g/mol. The average Bonchev–Trinajstić information content (AvgIpc) is 2.24. The van der Waals surface area contributed by atoms with E-state index in [2.05, 4.69) is 4.99 Å². The quantitative estimate of drug-likeness (QED) is 0.484. The van der Waals surface area contributed by atoms with Crippen LogP contribution in [-0.2, 0) is 11.3 Å². The monoisotopic (exact) mass is 206 g/mol. The smallest absolute Gasteiger partial charge is 0.223 e. The predicted octanol–water partition coefficient (Wildman–Crippen LogP) is -0.447. The van der Waals surface area contributed by atoms with Gasteiger partial charge in [-0.2, -0.15) is 4.57 Å². The molecule has 0 fully saturated rings. The lowest BCUT2D eigenvalue weighted by Crippen LogP contribution is -2.36. The Balaban J connectivity index is 2.59. The zero-order chi connectivity index (χ0) is 11.1. The predicted molar refractivity (Wildman–Crippen MR) is 54.4 cm³/mol. The van der Waals surface area contributed by atoms with E-state index in [-0.39, 0.29) is 13.0 Å². The highest BCUT2D eigenvalue weighted by Gasteiger charge is 2.02. The molecule has 0 N–H and O–H groups in total. The fourth-order valence-electron chi connectivity index (χ4n) is 1.21. The fraction of sp³-hybridized carbons (Fsp3) is 0.364. The Kier molecular flexibility index (Phi) is 4.47. The van der Waals surface area contributed by atoms with E-state index in [1.54, 1.807) is 6.21 Å². The van der Waals surface area contributed by atoms with Gasteiger partial charge in [-0.15, -0.1) is 0 Å². The van der Waals surface area contributed by atoms with Crippen molar-refractivity contribution in [2.75, 3.05) is 6.54 Å². The number of carboxylic acids is 1. The lowest BCUT2D eigenvalue weighted by atomic mass is 10.3. The van der Waals surface area contributed by atoms with Crippen LogP contribution in [0.1, 0.15) is 19.0 Å². The third kappa shape index (κ3) is 3.89. The first-order valence-corrected chi connectivity index (χ1v) is 4.92. The Morgan fingerprint density at radius 2 is 2.40 bits per heavy atom. The van der Waals surface area contributed by atoms with Gasteiger partial charge in [0.15, 0.2) is 6.20 Å². The molecule has 1 heterocycles. The standard InChI is InChI=1S/C11H14N2O2/c1-2-13-8-4-3-5-10(13)9-12-7-6-11(14)15/h3-5,8-9H,2,6-7H2,1H3. The molecule has 0 aliphatic carbocycles. The van der Waals surface area contributed by atoms with Crippen molar-refractivity contribution in [2.24, 2.45) is 4.99 Å². The largest absolute Gasteiger partial charge is 0.550 e. The Bertz CT molecular complexity index is 361. The van der Waals surface area contributed by atoms with Crippen molar-refractivity contribution < 1.29 is 14.5 Å². The van der Waals surface area contributed by atoms with Crippen LogP contribution in [0.4, 0.5) is 0 Å². The van der Waals surface area contributed by atoms with E-state index >= 15 is 0 Å². The molecule has 0 aromatic carbocycles. The second kappa shape index (κ2) is 5.90. The SMILES string of the molecule is CC[n+]1ccccc1C=NCCC(=O)[O-]. The molecule has 1 rings (SSSR count). The molecule has 1 aromatic rings. The molecule has 4 heteroatoms. The highest BCUT2D eigenvalue weighted by Crippen LogP contribution is 1.88. The topological polar surface area (TPSA) is 56.4 Å². The van der Waals surface area contributed by atoms with Gasteiger partial charge in [0.2, 0.25) is 5.69 Å². The molecule has 0 unspecified atom stereocenters. The molecule has 1 aromatic heterocycles. The maximum Gasteiger partial charge on any atom is 0.223 e. The minimum Gasteiger partial charge on any atom is -0.550 e. The number of aliphatic imine (C=N–C) groups is 1. The third-order valence-electron chi connectivity index (χ3n) is 1.99. The van der Waals surface area contributed by atoms with E-state index in [1.807, 2.05) is 35.9 Å². The van der Waals surface area contributed by atoms with Gasteiger partial charge in [-0.1, -0.05) is 0 Å². The summed E-state index contributed by atoms with van der Waals surface area (Å²) in [7, 11) is 0. The number of aliphatic carboxylic acids is 1. The van der Waals surface area contributed by atoms with Gasteiger partial charge < -0.3 is 9.90 Å². The summed E-state index contributed by atoms with van der Waals surface area (Å²) < 4.78 is 2.03. The number of aromatic nitrogens is 1. The number of hydrogen-bond acceptors (Lipinski definition) is 3. The summed E-state index contributed by atoms with van der Waals surface area (Å²) in [6, 6.07) is 5.81. The molecule has 0 saturated carbocycles. The molecule has 0 saturated heterocycles. The first kappa shape index (κ1) is 11.4. The van der Waals surface area contributed by atoms with Gasteiger partial charge >= 0.3 is 0 Å². The van der Waals surface area contributed by atoms with Crippen LogP contribution < -0.4 is 9.67 Å². The Hall–Kier alpha value is -1.71. The molecule has 0 aliphatic heterocycles.